The fraction of sp³-hybridized carbons (Fsp3) is 0.321. The van der Waals surface area contributed by atoms with Gasteiger partial charge < -0.3 is 20.1 Å². The SMILES string of the molecule is CCC(=O)c1cnc(Nc2ccc(CN3CCOCC3)cn2)cc1Nc1cccc(-c2ncn(C)n2)c1OC. The van der Waals surface area contributed by atoms with Gasteiger partial charge in [0, 0.05) is 51.6 Å². The zero-order chi connectivity index (χ0) is 27.2. The Morgan fingerprint density at radius 3 is 2.54 bits per heavy atom. The average Bonchev–Trinajstić information content (AvgIpc) is 3.40. The predicted octanol–water partition coefficient (Wildman–Crippen LogP) is 4.19. The van der Waals surface area contributed by atoms with E-state index in [2.05, 4.69) is 41.7 Å². The summed E-state index contributed by atoms with van der Waals surface area (Å²) in [7, 11) is 3.41. The number of para-hydroxylation sites is 1. The Hall–Kier alpha value is -4.35. The van der Waals surface area contributed by atoms with Crippen molar-refractivity contribution >= 4 is 28.8 Å². The van der Waals surface area contributed by atoms with Gasteiger partial charge >= 0.3 is 0 Å². The fourth-order valence-electron chi connectivity index (χ4n) is 4.42. The van der Waals surface area contributed by atoms with Crippen LogP contribution >= 0.6 is 0 Å². The Morgan fingerprint density at radius 1 is 1.03 bits per heavy atom. The Balaban J connectivity index is 1.39. The molecule has 3 aromatic heterocycles. The molecule has 1 saturated heterocycles. The van der Waals surface area contributed by atoms with Crippen LogP contribution in [0.25, 0.3) is 11.4 Å². The molecule has 4 heterocycles. The number of benzene rings is 1. The van der Waals surface area contributed by atoms with Crippen LogP contribution in [-0.2, 0) is 18.3 Å². The summed E-state index contributed by atoms with van der Waals surface area (Å²) in [6, 6.07) is 11.5. The second kappa shape index (κ2) is 12.0. The number of hydrogen-bond acceptors (Lipinski definition) is 10. The zero-order valence-electron chi connectivity index (χ0n) is 22.3. The third-order valence-electron chi connectivity index (χ3n) is 6.45. The minimum Gasteiger partial charge on any atom is -0.494 e. The number of nitrogens with one attached hydrogen (secondary N) is 2. The number of ether oxygens (including phenoxy) is 2. The van der Waals surface area contributed by atoms with Gasteiger partial charge in [0.2, 0.25) is 0 Å². The molecule has 5 rings (SSSR count). The number of aromatic nitrogens is 5. The van der Waals surface area contributed by atoms with Crippen LogP contribution in [0.3, 0.4) is 0 Å². The summed E-state index contributed by atoms with van der Waals surface area (Å²) in [5, 5.41) is 11.0. The van der Waals surface area contributed by atoms with Crippen molar-refractivity contribution in [1.29, 1.82) is 0 Å². The summed E-state index contributed by atoms with van der Waals surface area (Å²) in [4.78, 5) is 28.5. The first kappa shape index (κ1) is 26.3. The lowest BCUT2D eigenvalue weighted by Gasteiger charge is -2.26. The fourth-order valence-corrected chi connectivity index (χ4v) is 4.42. The molecule has 0 saturated carbocycles. The molecule has 1 aliphatic rings. The van der Waals surface area contributed by atoms with Crippen LogP contribution in [0.15, 0.2) is 55.1 Å². The largest absolute Gasteiger partial charge is 0.494 e. The number of hydrogen-bond donors (Lipinski definition) is 2. The van der Waals surface area contributed by atoms with E-state index < -0.39 is 0 Å². The van der Waals surface area contributed by atoms with Gasteiger partial charge in [0.1, 0.15) is 18.0 Å². The molecular formula is C28H32N8O3. The average molecular weight is 529 g/mol. The molecule has 0 bridgehead atoms. The van der Waals surface area contributed by atoms with Crippen LogP contribution in [0.5, 0.6) is 5.75 Å². The third-order valence-corrected chi connectivity index (χ3v) is 6.45. The number of morpholine rings is 1. The standard InChI is InChI=1S/C28H32N8O3/c1-4-24(37)21-16-30-26(33-25-9-8-19(15-29-25)17-36-10-12-39-13-11-36)14-23(21)32-22-7-5-6-20(27(22)38-3)28-31-18-35(2)34-28/h5-9,14-16,18H,4,10-13,17H2,1-3H3,(H2,29,30,32,33). The number of anilines is 4. The van der Waals surface area contributed by atoms with Crippen molar-refractivity contribution in [1.82, 2.24) is 29.6 Å². The molecule has 1 aromatic carbocycles. The van der Waals surface area contributed by atoms with Crippen molar-refractivity contribution in [2.75, 3.05) is 44.0 Å². The van der Waals surface area contributed by atoms with E-state index in [1.807, 2.05) is 44.4 Å². The molecule has 202 valence electrons. The Kier molecular flexibility index (Phi) is 8.09. The first-order valence-corrected chi connectivity index (χ1v) is 12.9. The smallest absolute Gasteiger partial charge is 0.184 e. The highest BCUT2D eigenvalue weighted by Crippen LogP contribution is 2.37. The van der Waals surface area contributed by atoms with Crippen molar-refractivity contribution in [2.24, 2.45) is 7.05 Å². The second-order valence-electron chi connectivity index (χ2n) is 9.21. The summed E-state index contributed by atoms with van der Waals surface area (Å²) in [5.41, 5.74) is 3.64. The number of Topliss-reactive ketones (excluding diaryl/α,β-unsaturated/α-hetero) is 1. The molecule has 0 unspecified atom stereocenters. The van der Waals surface area contributed by atoms with E-state index in [-0.39, 0.29) is 5.78 Å². The highest BCUT2D eigenvalue weighted by atomic mass is 16.5. The third kappa shape index (κ3) is 6.21. The minimum atomic E-state index is -0.0244. The molecule has 11 nitrogen and oxygen atoms in total. The molecule has 0 spiro atoms. The summed E-state index contributed by atoms with van der Waals surface area (Å²) >= 11 is 0. The maximum Gasteiger partial charge on any atom is 0.184 e. The number of carbonyl (C=O) groups excluding carboxylic acids is 1. The summed E-state index contributed by atoms with van der Waals surface area (Å²) < 4.78 is 12.8. The minimum absolute atomic E-state index is 0.0244. The number of aryl methyl sites for hydroxylation is 1. The molecule has 0 amide bonds. The maximum atomic E-state index is 12.8. The lowest BCUT2D eigenvalue weighted by Crippen LogP contribution is -2.35. The number of rotatable bonds is 10. The van der Waals surface area contributed by atoms with Gasteiger partial charge in [0.05, 0.1) is 42.8 Å². The second-order valence-corrected chi connectivity index (χ2v) is 9.21. The van der Waals surface area contributed by atoms with Crippen LogP contribution < -0.4 is 15.4 Å². The zero-order valence-corrected chi connectivity index (χ0v) is 22.3. The lowest BCUT2D eigenvalue weighted by molar-refractivity contribution is 0.0341. The molecule has 1 aliphatic heterocycles. The van der Waals surface area contributed by atoms with E-state index >= 15 is 0 Å². The number of nitrogens with zero attached hydrogens (tertiary/aromatic N) is 6. The molecule has 4 aromatic rings. The van der Waals surface area contributed by atoms with E-state index in [0.717, 1.165) is 44.0 Å². The number of ketones is 1. The van der Waals surface area contributed by atoms with E-state index in [4.69, 9.17) is 9.47 Å². The normalized spacial score (nSPS) is 13.7. The van der Waals surface area contributed by atoms with Gasteiger partial charge in [-0.25, -0.2) is 15.0 Å². The van der Waals surface area contributed by atoms with Crippen LogP contribution in [0.4, 0.5) is 23.0 Å². The maximum absolute atomic E-state index is 12.8. The van der Waals surface area contributed by atoms with Gasteiger partial charge in [0.15, 0.2) is 17.4 Å². The number of pyridine rings is 2. The van der Waals surface area contributed by atoms with Crippen LogP contribution in [0.2, 0.25) is 0 Å². The van der Waals surface area contributed by atoms with Crippen LogP contribution in [0, 0.1) is 0 Å². The summed E-state index contributed by atoms with van der Waals surface area (Å²) in [5.74, 6) is 2.31. The van der Waals surface area contributed by atoms with Gasteiger partial charge in [-0.15, -0.1) is 0 Å². The predicted molar refractivity (Wildman–Crippen MR) is 149 cm³/mol. The Morgan fingerprint density at radius 2 is 1.85 bits per heavy atom. The van der Waals surface area contributed by atoms with Crippen molar-refractivity contribution < 1.29 is 14.3 Å². The van der Waals surface area contributed by atoms with Gasteiger partial charge in [-0.2, -0.15) is 5.10 Å². The molecule has 2 N–H and O–H groups in total. The van der Waals surface area contributed by atoms with Gasteiger partial charge in [-0.1, -0.05) is 19.1 Å². The first-order chi connectivity index (χ1) is 19.0. The van der Waals surface area contributed by atoms with Gasteiger partial charge in [-0.3, -0.25) is 14.4 Å². The number of methoxy groups -OCH3 is 1. The van der Waals surface area contributed by atoms with Crippen molar-refractivity contribution in [3.8, 4) is 17.1 Å². The molecular weight excluding hydrogens is 496 g/mol. The van der Waals surface area contributed by atoms with E-state index in [1.165, 1.54) is 0 Å². The van der Waals surface area contributed by atoms with Crippen molar-refractivity contribution in [3.63, 3.8) is 0 Å². The monoisotopic (exact) mass is 528 g/mol. The van der Waals surface area contributed by atoms with Gasteiger partial charge in [0.25, 0.3) is 0 Å². The Labute approximate surface area is 227 Å². The van der Waals surface area contributed by atoms with Gasteiger partial charge in [-0.05, 0) is 23.8 Å². The molecule has 0 radical (unpaired) electrons. The van der Waals surface area contributed by atoms with Crippen LogP contribution in [0.1, 0.15) is 29.3 Å². The summed E-state index contributed by atoms with van der Waals surface area (Å²) in [6.45, 7) is 6.05. The summed E-state index contributed by atoms with van der Waals surface area (Å²) in [6.07, 6.45) is 5.44. The molecule has 1 fully saturated rings. The quantitative estimate of drug-likeness (QED) is 0.290. The first-order valence-electron chi connectivity index (χ1n) is 12.9. The topological polar surface area (TPSA) is 119 Å². The van der Waals surface area contributed by atoms with E-state index in [9.17, 15) is 4.79 Å². The highest BCUT2D eigenvalue weighted by molar-refractivity contribution is 6.02. The lowest BCUT2D eigenvalue weighted by atomic mass is 10.1. The molecule has 11 heteroatoms. The molecule has 0 atom stereocenters. The van der Waals surface area contributed by atoms with Crippen molar-refractivity contribution in [2.45, 2.75) is 19.9 Å². The Bertz CT molecular complexity index is 1430. The van der Waals surface area contributed by atoms with Crippen molar-refractivity contribution in [3.05, 3.63) is 66.2 Å². The van der Waals surface area contributed by atoms with Crippen LogP contribution in [-0.4, -0.2) is 68.8 Å². The van der Waals surface area contributed by atoms with E-state index in [1.54, 1.807) is 30.4 Å². The molecule has 0 aliphatic carbocycles. The van der Waals surface area contributed by atoms with E-state index in [0.29, 0.717) is 46.6 Å². The molecule has 39 heavy (non-hydrogen) atoms. The number of carbonyl (C=O) groups is 1. The highest BCUT2D eigenvalue weighted by Gasteiger charge is 2.18.